The number of hydrogen-bond donors (Lipinski definition) is 2. The Balaban J connectivity index is 1.43. The fourth-order valence-corrected chi connectivity index (χ4v) is 4.01. The third kappa shape index (κ3) is 3.02. The van der Waals surface area contributed by atoms with Crippen molar-refractivity contribution in [3.63, 3.8) is 0 Å². The molecule has 2 atom stereocenters. The summed E-state index contributed by atoms with van der Waals surface area (Å²) >= 11 is 0. The van der Waals surface area contributed by atoms with E-state index in [0.29, 0.717) is 6.42 Å². The van der Waals surface area contributed by atoms with Crippen LogP contribution in [-0.2, 0) is 9.59 Å². The molecule has 2 fully saturated rings. The first-order valence-electron chi connectivity index (χ1n) is 9.04. The number of fused-ring (bicyclic) bond motifs is 1. The topological polar surface area (TPSA) is 97.0 Å². The highest BCUT2D eigenvalue weighted by molar-refractivity contribution is 6.10. The van der Waals surface area contributed by atoms with E-state index in [1.54, 1.807) is 0 Å². The molecule has 0 aromatic heterocycles. The monoisotopic (exact) mass is 395 g/mol. The van der Waals surface area contributed by atoms with Gasteiger partial charge >= 0.3 is 12.3 Å². The van der Waals surface area contributed by atoms with E-state index in [2.05, 4.69) is 20.1 Å². The highest BCUT2D eigenvalue weighted by Gasteiger charge is 2.55. The van der Waals surface area contributed by atoms with Crippen LogP contribution in [0, 0.1) is 5.92 Å². The zero-order valence-corrected chi connectivity index (χ0v) is 15.1. The number of ether oxygens (including phenoxy) is 2. The van der Waals surface area contributed by atoms with Crippen molar-refractivity contribution in [1.29, 1.82) is 0 Å². The lowest BCUT2D eigenvalue weighted by molar-refractivity contribution is -0.286. The van der Waals surface area contributed by atoms with Crippen molar-refractivity contribution in [3.05, 3.63) is 18.2 Å². The predicted molar refractivity (Wildman–Crippen MR) is 91.9 cm³/mol. The van der Waals surface area contributed by atoms with E-state index in [1.165, 1.54) is 18.2 Å². The number of benzene rings is 1. The summed E-state index contributed by atoms with van der Waals surface area (Å²) in [5.74, 6) is -1.40. The maximum Gasteiger partial charge on any atom is 0.586 e. The largest absolute Gasteiger partial charge is 0.586 e. The fourth-order valence-electron chi connectivity index (χ4n) is 4.01. The molecule has 4 amide bonds. The first-order valence-corrected chi connectivity index (χ1v) is 9.04. The van der Waals surface area contributed by atoms with Crippen molar-refractivity contribution >= 4 is 23.5 Å². The zero-order valence-electron chi connectivity index (χ0n) is 15.1. The smallest absolute Gasteiger partial charge is 0.395 e. The van der Waals surface area contributed by atoms with Gasteiger partial charge in [0.1, 0.15) is 12.1 Å². The average molecular weight is 395 g/mol. The number of halogens is 2. The first kappa shape index (κ1) is 18.5. The van der Waals surface area contributed by atoms with Crippen molar-refractivity contribution < 1.29 is 32.6 Å². The molecule has 1 saturated heterocycles. The molecule has 0 bridgehead atoms. The van der Waals surface area contributed by atoms with Crippen molar-refractivity contribution in [1.82, 2.24) is 10.2 Å². The van der Waals surface area contributed by atoms with Gasteiger partial charge in [-0.25, -0.2) is 4.79 Å². The van der Waals surface area contributed by atoms with E-state index in [1.807, 2.05) is 6.92 Å². The lowest BCUT2D eigenvalue weighted by Gasteiger charge is -2.36. The Labute approximate surface area is 159 Å². The van der Waals surface area contributed by atoms with E-state index < -0.39 is 36.2 Å². The van der Waals surface area contributed by atoms with Crippen LogP contribution in [0.3, 0.4) is 0 Å². The molecule has 1 aliphatic carbocycles. The maximum absolute atomic E-state index is 13.1. The van der Waals surface area contributed by atoms with Gasteiger partial charge in [0.15, 0.2) is 11.5 Å². The molecule has 3 aliphatic rings. The Kier molecular flexibility index (Phi) is 4.16. The Bertz CT molecular complexity index is 862. The van der Waals surface area contributed by atoms with Gasteiger partial charge in [-0.1, -0.05) is 19.8 Å². The highest BCUT2D eigenvalue weighted by Crippen LogP contribution is 2.42. The molecule has 1 aromatic carbocycles. The second kappa shape index (κ2) is 6.32. The average Bonchev–Trinajstić information content (AvgIpc) is 3.05. The number of rotatable bonds is 3. The Morgan fingerprint density at radius 1 is 1.29 bits per heavy atom. The van der Waals surface area contributed by atoms with Crippen LogP contribution < -0.4 is 20.1 Å². The van der Waals surface area contributed by atoms with Gasteiger partial charge in [0.2, 0.25) is 5.91 Å². The quantitative estimate of drug-likeness (QED) is 0.767. The van der Waals surface area contributed by atoms with Crippen LogP contribution in [0.25, 0.3) is 0 Å². The predicted octanol–water partition coefficient (Wildman–Crippen LogP) is 2.45. The van der Waals surface area contributed by atoms with Crippen LogP contribution in [0.15, 0.2) is 18.2 Å². The summed E-state index contributed by atoms with van der Waals surface area (Å²) in [6.45, 7) is 1.45. The molecule has 2 heterocycles. The molecule has 150 valence electrons. The molecule has 10 heteroatoms. The number of hydrogen-bond acceptors (Lipinski definition) is 5. The number of nitrogens with zero attached hydrogens (tertiary/aromatic N) is 1. The van der Waals surface area contributed by atoms with Crippen molar-refractivity contribution in [2.24, 2.45) is 5.92 Å². The molecule has 0 radical (unpaired) electrons. The minimum Gasteiger partial charge on any atom is -0.395 e. The standard InChI is InChI=1S/C18H19F2N3O5/c1-10-4-2-3-7-17(10)15(25)23(16(26)22-17)9-14(24)21-11-5-6-12-13(8-11)28-18(19,20)27-12/h5-6,8,10H,2-4,7,9H2,1H3,(H,21,24)(H,22,26)/t10-,17+/m1/s1. The minimum absolute atomic E-state index is 0.0127. The number of alkyl halides is 2. The van der Waals surface area contributed by atoms with Gasteiger partial charge in [-0.2, -0.15) is 0 Å². The van der Waals surface area contributed by atoms with Gasteiger partial charge in [0.05, 0.1) is 0 Å². The van der Waals surface area contributed by atoms with Crippen molar-refractivity contribution in [3.8, 4) is 11.5 Å². The van der Waals surface area contributed by atoms with Crippen LogP contribution in [0.1, 0.15) is 32.6 Å². The van der Waals surface area contributed by atoms with Gasteiger partial charge in [-0.3, -0.25) is 14.5 Å². The van der Waals surface area contributed by atoms with E-state index in [9.17, 15) is 23.2 Å². The molecule has 1 spiro atoms. The molecule has 1 saturated carbocycles. The summed E-state index contributed by atoms with van der Waals surface area (Å²) in [5.41, 5.74) is -0.766. The summed E-state index contributed by atoms with van der Waals surface area (Å²) in [6, 6.07) is 3.18. The van der Waals surface area contributed by atoms with E-state index in [4.69, 9.17) is 0 Å². The molecule has 2 aliphatic heterocycles. The van der Waals surface area contributed by atoms with Crippen molar-refractivity contribution in [2.45, 2.75) is 44.4 Å². The Morgan fingerprint density at radius 2 is 2.04 bits per heavy atom. The van der Waals surface area contributed by atoms with E-state index >= 15 is 0 Å². The van der Waals surface area contributed by atoms with E-state index in [0.717, 1.165) is 24.2 Å². The summed E-state index contributed by atoms with van der Waals surface area (Å²) in [5, 5.41) is 5.24. The number of urea groups is 1. The number of imide groups is 1. The lowest BCUT2D eigenvalue weighted by atomic mass is 9.73. The number of anilines is 1. The Morgan fingerprint density at radius 3 is 2.79 bits per heavy atom. The summed E-state index contributed by atoms with van der Waals surface area (Å²) in [4.78, 5) is 38.4. The summed E-state index contributed by atoms with van der Waals surface area (Å²) in [7, 11) is 0. The highest BCUT2D eigenvalue weighted by atomic mass is 19.3. The molecule has 4 rings (SSSR count). The molecule has 0 unspecified atom stereocenters. The number of carbonyl (C=O) groups excluding carboxylic acids is 3. The molecular weight excluding hydrogens is 376 g/mol. The maximum atomic E-state index is 13.1. The fraction of sp³-hybridized carbons (Fsp3) is 0.500. The Hall–Kier alpha value is -2.91. The van der Waals surface area contributed by atoms with Crippen LogP contribution in [0.2, 0.25) is 0 Å². The first-order chi connectivity index (χ1) is 13.2. The van der Waals surface area contributed by atoms with Crippen LogP contribution in [0.4, 0.5) is 19.3 Å². The van der Waals surface area contributed by atoms with Gasteiger partial charge in [0.25, 0.3) is 5.91 Å². The van der Waals surface area contributed by atoms with Gasteiger partial charge in [0, 0.05) is 11.8 Å². The second-order valence-corrected chi connectivity index (χ2v) is 7.32. The minimum atomic E-state index is -3.75. The van der Waals surface area contributed by atoms with Crippen LogP contribution in [0.5, 0.6) is 11.5 Å². The van der Waals surface area contributed by atoms with Crippen molar-refractivity contribution in [2.75, 3.05) is 11.9 Å². The SMILES string of the molecule is C[C@@H]1CCCC[C@]12NC(=O)N(CC(=O)Nc1ccc3c(c1)OC(F)(F)O3)C2=O. The zero-order chi connectivity index (χ0) is 20.1. The van der Waals surface area contributed by atoms with Gasteiger partial charge < -0.3 is 20.1 Å². The van der Waals surface area contributed by atoms with E-state index in [-0.39, 0.29) is 23.1 Å². The number of nitrogens with one attached hydrogen (secondary N) is 2. The second-order valence-electron chi connectivity index (χ2n) is 7.32. The molecular formula is C18H19F2N3O5. The van der Waals surface area contributed by atoms with Gasteiger partial charge in [-0.05, 0) is 30.9 Å². The molecule has 2 N–H and O–H groups in total. The third-order valence-electron chi connectivity index (χ3n) is 5.49. The van der Waals surface area contributed by atoms with Crippen LogP contribution >= 0.6 is 0 Å². The molecule has 28 heavy (non-hydrogen) atoms. The lowest BCUT2D eigenvalue weighted by Crippen LogP contribution is -2.54. The molecule has 8 nitrogen and oxygen atoms in total. The number of amides is 4. The summed E-state index contributed by atoms with van der Waals surface area (Å²) < 4.78 is 34.8. The normalized spacial score (nSPS) is 27.8. The molecule has 1 aromatic rings. The van der Waals surface area contributed by atoms with Crippen LogP contribution in [-0.4, -0.2) is 41.1 Å². The summed E-state index contributed by atoms with van der Waals surface area (Å²) in [6.07, 6.45) is -0.551. The third-order valence-corrected chi connectivity index (χ3v) is 5.49. The van der Waals surface area contributed by atoms with Gasteiger partial charge in [-0.15, -0.1) is 8.78 Å². The number of carbonyl (C=O) groups is 3.